The molecule has 2 N–H and O–H groups in total. The number of para-hydroxylation sites is 1. The van der Waals surface area contributed by atoms with Crippen molar-refractivity contribution >= 4 is 39.9 Å². The summed E-state index contributed by atoms with van der Waals surface area (Å²) in [4.78, 5) is 6.69. The summed E-state index contributed by atoms with van der Waals surface area (Å²) in [6, 6.07) is 16.6. The zero-order valence-electron chi connectivity index (χ0n) is 13.3. The Balaban J connectivity index is 2.40. The number of hydrogen-bond donors (Lipinski definition) is 1. The molecule has 4 heteroatoms. The molecule has 0 aliphatic carbocycles. The zero-order valence-corrected chi connectivity index (χ0v) is 15.4. The van der Waals surface area contributed by atoms with E-state index in [1.165, 1.54) is 5.56 Å². The minimum atomic E-state index is 0.231. The Hall–Kier alpha value is -1.56. The summed E-state index contributed by atoms with van der Waals surface area (Å²) in [6.45, 7) is 6.38. The summed E-state index contributed by atoms with van der Waals surface area (Å²) in [6.07, 6.45) is 0.994. The lowest BCUT2D eigenvalue weighted by Crippen LogP contribution is -2.42. The van der Waals surface area contributed by atoms with E-state index in [2.05, 4.69) is 77.5 Å². The molecule has 22 heavy (non-hydrogen) atoms. The lowest BCUT2D eigenvalue weighted by molar-refractivity contribution is 0.800. The summed E-state index contributed by atoms with van der Waals surface area (Å²) in [5.41, 5.74) is 9.56. The summed E-state index contributed by atoms with van der Waals surface area (Å²) in [7, 11) is 0. The highest BCUT2D eigenvalue weighted by atomic mass is 127. The van der Waals surface area contributed by atoms with Crippen LogP contribution in [0.25, 0.3) is 0 Å². The standard InChI is InChI=1S/C18H22IN3/c1-4-14-8-7-9-15(12-14)21-18(20)22(13(2)3)17-11-6-5-10-16(17)19/h5-13H,4H2,1-3H3,(H2,20,21). The van der Waals surface area contributed by atoms with Crippen LogP contribution in [-0.2, 0) is 6.42 Å². The highest BCUT2D eigenvalue weighted by molar-refractivity contribution is 14.1. The fourth-order valence-electron chi connectivity index (χ4n) is 2.35. The molecule has 0 spiro atoms. The fourth-order valence-corrected chi connectivity index (χ4v) is 2.99. The molecule has 0 unspecified atom stereocenters. The van der Waals surface area contributed by atoms with Crippen LogP contribution in [0, 0.1) is 3.57 Å². The van der Waals surface area contributed by atoms with Crippen molar-refractivity contribution in [3.8, 4) is 0 Å². The molecule has 2 rings (SSSR count). The Labute approximate surface area is 146 Å². The molecule has 0 saturated carbocycles. The van der Waals surface area contributed by atoms with Gasteiger partial charge in [-0.2, -0.15) is 0 Å². The van der Waals surface area contributed by atoms with Crippen molar-refractivity contribution in [3.05, 3.63) is 57.7 Å². The number of hydrogen-bond acceptors (Lipinski definition) is 1. The Morgan fingerprint density at radius 1 is 1.18 bits per heavy atom. The average molecular weight is 407 g/mol. The first-order valence-electron chi connectivity index (χ1n) is 7.49. The number of aryl methyl sites for hydroxylation is 1. The molecule has 0 saturated heterocycles. The SMILES string of the molecule is CCc1cccc(N=C(N)N(c2ccccc2I)C(C)C)c1. The number of nitrogens with two attached hydrogens (primary N) is 1. The number of rotatable bonds is 4. The number of aliphatic imine (C=N–C) groups is 1. The smallest absolute Gasteiger partial charge is 0.201 e. The molecule has 0 atom stereocenters. The van der Waals surface area contributed by atoms with E-state index in [9.17, 15) is 0 Å². The topological polar surface area (TPSA) is 41.6 Å². The molecular formula is C18H22IN3. The van der Waals surface area contributed by atoms with Gasteiger partial charge in [-0.1, -0.05) is 31.2 Å². The van der Waals surface area contributed by atoms with Gasteiger partial charge < -0.3 is 10.6 Å². The maximum atomic E-state index is 6.32. The second-order valence-corrected chi connectivity index (χ2v) is 6.57. The molecular weight excluding hydrogens is 385 g/mol. The number of nitrogens with zero attached hydrogens (tertiary/aromatic N) is 2. The molecule has 0 bridgehead atoms. The van der Waals surface area contributed by atoms with Gasteiger partial charge in [0.2, 0.25) is 5.96 Å². The van der Waals surface area contributed by atoms with Gasteiger partial charge in [-0.3, -0.25) is 0 Å². The molecule has 0 heterocycles. The van der Waals surface area contributed by atoms with Crippen LogP contribution in [0.1, 0.15) is 26.3 Å². The van der Waals surface area contributed by atoms with Crippen molar-refractivity contribution in [2.24, 2.45) is 10.7 Å². The molecule has 0 fully saturated rings. The molecule has 2 aromatic rings. The Kier molecular flexibility index (Phi) is 5.83. The van der Waals surface area contributed by atoms with Gasteiger partial charge in [0.1, 0.15) is 0 Å². The first kappa shape index (κ1) is 16.8. The van der Waals surface area contributed by atoms with Crippen LogP contribution in [0.2, 0.25) is 0 Å². The Morgan fingerprint density at radius 2 is 1.91 bits per heavy atom. The van der Waals surface area contributed by atoms with Gasteiger partial charge in [0.15, 0.2) is 0 Å². The van der Waals surface area contributed by atoms with Crippen molar-refractivity contribution in [1.82, 2.24) is 0 Å². The predicted molar refractivity (Wildman–Crippen MR) is 104 cm³/mol. The highest BCUT2D eigenvalue weighted by Gasteiger charge is 2.17. The lowest BCUT2D eigenvalue weighted by atomic mass is 10.1. The van der Waals surface area contributed by atoms with Gasteiger partial charge >= 0.3 is 0 Å². The monoisotopic (exact) mass is 407 g/mol. The summed E-state index contributed by atoms with van der Waals surface area (Å²) < 4.78 is 1.16. The largest absolute Gasteiger partial charge is 0.369 e. The van der Waals surface area contributed by atoms with Crippen LogP contribution in [0.15, 0.2) is 53.5 Å². The van der Waals surface area contributed by atoms with Crippen LogP contribution in [-0.4, -0.2) is 12.0 Å². The van der Waals surface area contributed by atoms with E-state index >= 15 is 0 Å². The minimum Gasteiger partial charge on any atom is -0.369 e. The lowest BCUT2D eigenvalue weighted by Gasteiger charge is -2.28. The van der Waals surface area contributed by atoms with E-state index in [0.29, 0.717) is 5.96 Å². The first-order valence-corrected chi connectivity index (χ1v) is 8.57. The molecule has 0 aromatic heterocycles. The van der Waals surface area contributed by atoms with Crippen molar-refractivity contribution in [2.45, 2.75) is 33.2 Å². The highest BCUT2D eigenvalue weighted by Crippen LogP contribution is 2.25. The first-order chi connectivity index (χ1) is 10.5. The van der Waals surface area contributed by atoms with Crippen LogP contribution in [0.4, 0.5) is 11.4 Å². The fraction of sp³-hybridized carbons (Fsp3) is 0.278. The molecule has 2 aromatic carbocycles. The van der Waals surface area contributed by atoms with Crippen LogP contribution >= 0.6 is 22.6 Å². The van der Waals surface area contributed by atoms with Crippen LogP contribution in [0.5, 0.6) is 0 Å². The maximum Gasteiger partial charge on any atom is 0.201 e. The number of benzene rings is 2. The van der Waals surface area contributed by atoms with E-state index in [-0.39, 0.29) is 6.04 Å². The summed E-state index contributed by atoms with van der Waals surface area (Å²) >= 11 is 2.33. The molecule has 116 valence electrons. The minimum absolute atomic E-state index is 0.231. The molecule has 3 nitrogen and oxygen atoms in total. The van der Waals surface area contributed by atoms with Gasteiger partial charge in [-0.25, -0.2) is 4.99 Å². The van der Waals surface area contributed by atoms with Gasteiger partial charge in [0, 0.05) is 9.61 Å². The van der Waals surface area contributed by atoms with Gasteiger partial charge in [0.25, 0.3) is 0 Å². The number of guanidine groups is 1. The van der Waals surface area contributed by atoms with Crippen molar-refractivity contribution < 1.29 is 0 Å². The average Bonchev–Trinajstić information content (AvgIpc) is 2.49. The molecule has 0 radical (unpaired) electrons. The third-order valence-corrected chi connectivity index (χ3v) is 4.35. The summed E-state index contributed by atoms with van der Waals surface area (Å²) in [5, 5.41) is 0. The van der Waals surface area contributed by atoms with E-state index in [1.807, 2.05) is 24.3 Å². The third-order valence-electron chi connectivity index (χ3n) is 3.44. The van der Waals surface area contributed by atoms with Crippen molar-refractivity contribution in [2.75, 3.05) is 4.90 Å². The van der Waals surface area contributed by atoms with Crippen molar-refractivity contribution in [3.63, 3.8) is 0 Å². The van der Waals surface area contributed by atoms with Gasteiger partial charge in [0.05, 0.1) is 11.4 Å². The quantitative estimate of drug-likeness (QED) is 0.453. The predicted octanol–water partition coefficient (Wildman–Crippen LogP) is 4.71. The number of halogens is 1. The zero-order chi connectivity index (χ0) is 16.1. The molecule has 0 amide bonds. The Morgan fingerprint density at radius 3 is 2.55 bits per heavy atom. The maximum absolute atomic E-state index is 6.32. The molecule has 0 aliphatic heterocycles. The van der Waals surface area contributed by atoms with Gasteiger partial charge in [-0.05, 0) is 72.7 Å². The normalized spacial score (nSPS) is 11.8. The van der Waals surface area contributed by atoms with E-state index in [0.717, 1.165) is 21.4 Å². The summed E-state index contributed by atoms with van der Waals surface area (Å²) in [5.74, 6) is 0.521. The van der Waals surface area contributed by atoms with E-state index < -0.39 is 0 Å². The van der Waals surface area contributed by atoms with E-state index in [1.54, 1.807) is 0 Å². The van der Waals surface area contributed by atoms with Crippen LogP contribution < -0.4 is 10.6 Å². The van der Waals surface area contributed by atoms with Gasteiger partial charge in [-0.15, -0.1) is 0 Å². The second-order valence-electron chi connectivity index (χ2n) is 5.41. The van der Waals surface area contributed by atoms with E-state index in [4.69, 9.17) is 5.73 Å². The van der Waals surface area contributed by atoms with Crippen molar-refractivity contribution in [1.29, 1.82) is 0 Å². The third kappa shape index (κ3) is 4.00. The number of anilines is 1. The second kappa shape index (κ2) is 7.63. The molecule has 0 aliphatic rings. The van der Waals surface area contributed by atoms with Crippen LogP contribution in [0.3, 0.4) is 0 Å². The Bertz CT molecular complexity index is 665.